The number of nitrogens with two attached hydrogens (primary N) is 1. The molecule has 4 nitrogen and oxygen atoms in total. The molecule has 17 heavy (non-hydrogen) atoms. The molecule has 1 aliphatic rings. The van der Waals surface area contributed by atoms with Crippen LogP contribution in [-0.4, -0.2) is 21.6 Å². The molecule has 1 aromatic heterocycles. The van der Waals surface area contributed by atoms with Gasteiger partial charge in [-0.1, -0.05) is 0 Å². The summed E-state index contributed by atoms with van der Waals surface area (Å²) in [5, 5.41) is 4.25. The highest BCUT2D eigenvalue weighted by Gasteiger charge is 2.22. The van der Waals surface area contributed by atoms with Crippen molar-refractivity contribution in [1.29, 1.82) is 0 Å². The van der Waals surface area contributed by atoms with Gasteiger partial charge in [-0.15, -0.1) is 0 Å². The fourth-order valence-corrected chi connectivity index (χ4v) is 2.45. The molecule has 1 saturated carbocycles. The molecular weight excluding hydrogens is 214 g/mol. The van der Waals surface area contributed by atoms with Crippen LogP contribution in [0.3, 0.4) is 0 Å². The van der Waals surface area contributed by atoms with Crippen molar-refractivity contribution in [3.05, 3.63) is 18.0 Å². The van der Waals surface area contributed by atoms with Gasteiger partial charge in [0, 0.05) is 25.2 Å². The first-order chi connectivity index (χ1) is 8.19. The van der Waals surface area contributed by atoms with E-state index < -0.39 is 0 Å². The third kappa shape index (κ3) is 3.16. The lowest BCUT2D eigenvalue weighted by molar-refractivity contribution is 0.0942. The van der Waals surface area contributed by atoms with Gasteiger partial charge in [0.05, 0.1) is 0 Å². The van der Waals surface area contributed by atoms with Crippen LogP contribution in [0.25, 0.3) is 0 Å². The van der Waals surface area contributed by atoms with Gasteiger partial charge >= 0.3 is 0 Å². The third-order valence-corrected chi connectivity index (χ3v) is 3.62. The minimum Gasteiger partial charge on any atom is -0.328 e. The average Bonchev–Trinajstić information content (AvgIpc) is 2.81. The number of Topliss-reactive ketones (excluding diaryl/α,β-unsaturated/α-hetero) is 1. The topological polar surface area (TPSA) is 60.9 Å². The maximum Gasteiger partial charge on any atom is 0.183 e. The van der Waals surface area contributed by atoms with E-state index in [2.05, 4.69) is 5.10 Å². The Hall–Kier alpha value is -1.16. The second-order valence-corrected chi connectivity index (χ2v) is 4.96. The minimum atomic E-state index is 0.178. The van der Waals surface area contributed by atoms with Crippen molar-refractivity contribution in [3.63, 3.8) is 0 Å². The van der Waals surface area contributed by atoms with Gasteiger partial charge in [0.2, 0.25) is 0 Å². The zero-order valence-electron chi connectivity index (χ0n) is 10.4. The highest BCUT2D eigenvalue weighted by molar-refractivity contribution is 5.94. The van der Waals surface area contributed by atoms with E-state index in [1.807, 2.05) is 19.2 Å². The Morgan fingerprint density at radius 1 is 1.47 bits per heavy atom. The van der Waals surface area contributed by atoms with Crippen LogP contribution in [0, 0.1) is 5.92 Å². The number of ketones is 1. The van der Waals surface area contributed by atoms with Crippen molar-refractivity contribution in [2.75, 3.05) is 0 Å². The molecule has 0 atom stereocenters. The summed E-state index contributed by atoms with van der Waals surface area (Å²) in [6.07, 6.45) is 6.78. The van der Waals surface area contributed by atoms with Crippen LogP contribution in [0.15, 0.2) is 12.3 Å². The molecule has 94 valence electrons. The van der Waals surface area contributed by atoms with Crippen LogP contribution < -0.4 is 5.73 Å². The Bertz CT molecular complexity index is 378. The molecule has 0 aromatic carbocycles. The van der Waals surface area contributed by atoms with Gasteiger partial charge in [-0.05, 0) is 44.6 Å². The minimum absolute atomic E-state index is 0.178. The van der Waals surface area contributed by atoms with Crippen molar-refractivity contribution in [2.24, 2.45) is 11.7 Å². The second-order valence-electron chi connectivity index (χ2n) is 4.96. The molecule has 0 bridgehead atoms. The summed E-state index contributed by atoms with van der Waals surface area (Å²) >= 11 is 0. The van der Waals surface area contributed by atoms with Crippen molar-refractivity contribution >= 4 is 5.78 Å². The van der Waals surface area contributed by atoms with Crippen molar-refractivity contribution in [2.45, 2.75) is 51.6 Å². The molecule has 4 heteroatoms. The molecule has 2 rings (SSSR count). The van der Waals surface area contributed by atoms with Gasteiger partial charge in [0.1, 0.15) is 5.69 Å². The lowest BCUT2D eigenvalue weighted by Crippen LogP contribution is -2.27. The number of carbonyl (C=O) groups is 1. The molecule has 0 amide bonds. The molecule has 0 radical (unpaired) electrons. The molecule has 1 aromatic rings. The molecule has 0 aliphatic heterocycles. The van der Waals surface area contributed by atoms with Crippen LogP contribution in [0.1, 0.15) is 49.5 Å². The molecule has 0 spiro atoms. The van der Waals surface area contributed by atoms with E-state index in [1.165, 1.54) is 0 Å². The fraction of sp³-hybridized carbons (Fsp3) is 0.692. The molecule has 2 N–H and O–H groups in total. The summed E-state index contributed by atoms with van der Waals surface area (Å²) in [4.78, 5) is 12.0. The van der Waals surface area contributed by atoms with Crippen molar-refractivity contribution < 1.29 is 4.79 Å². The predicted octanol–water partition coefficient (Wildman–Crippen LogP) is 1.99. The number of hydrogen-bond acceptors (Lipinski definition) is 3. The first-order valence-corrected chi connectivity index (χ1v) is 6.51. The number of hydrogen-bond donors (Lipinski definition) is 1. The molecule has 0 saturated heterocycles. The van der Waals surface area contributed by atoms with Crippen LogP contribution in [0.5, 0.6) is 0 Å². The highest BCUT2D eigenvalue weighted by atomic mass is 16.1. The SMILES string of the molecule is CCn1ccc(C(=O)CC2CCC(N)CC2)n1. The normalized spacial score (nSPS) is 24.8. The molecule has 0 unspecified atom stereocenters. The van der Waals surface area contributed by atoms with E-state index in [0.29, 0.717) is 24.1 Å². The van der Waals surface area contributed by atoms with Crippen molar-refractivity contribution in [1.82, 2.24) is 9.78 Å². The lowest BCUT2D eigenvalue weighted by atomic mass is 9.83. The Labute approximate surface area is 102 Å². The zero-order valence-corrected chi connectivity index (χ0v) is 10.4. The van der Waals surface area contributed by atoms with E-state index in [9.17, 15) is 4.79 Å². The van der Waals surface area contributed by atoms with Crippen LogP contribution in [-0.2, 0) is 6.54 Å². The van der Waals surface area contributed by atoms with Gasteiger partial charge in [-0.25, -0.2) is 0 Å². The van der Waals surface area contributed by atoms with Crippen LogP contribution in [0.2, 0.25) is 0 Å². The lowest BCUT2D eigenvalue weighted by Gasteiger charge is -2.25. The molecule has 1 aliphatic carbocycles. The predicted molar refractivity (Wildman–Crippen MR) is 66.8 cm³/mol. The molecule has 1 heterocycles. The number of aromatic nitrogens is 2. The third-order valence-electron chi connectivity index (χ3n) is 3.62. The Morgan fingerprint density at radius 3 is 2.76 bits per heavy atom. The highest BCUT2D eigenvalue weighted by Crippen LogP contribution is 2.26. The summed E-state index contributed by atoms with van der Waals surface area (Å²) in [5.74, 6) is 0.687. The van der Waals surface area contributed by atoms with Gasteiger partial charge in [-0.2, -0.15) is 5.10 Å². The zero-order chi connectivity index (χ0) is 12.3. The monoisotopic (exact) mass is 235 g/mol. The van der Waals surface area contributed by atoms with Gasteiger partial charge in [-0.3, -0.25) is 9.48 Å². The maximum atomic E-state index is 12.0. The van der Waals surface area contributed by atoms with E-state index in [-0.39, 0.29) is 5.78 Å². The Kier molecular flexibility index (Phi) is 3.94. The number of aryl methyl sites for hydroxylation is 1. The average molecular weight is 235 g/mol. The van der Waals surface area contributed by atoms with E-state index in [1.54, 1.807) is 4.68 Å². The summed E-state index contributed by atoms with van der Waals surface area (Å²) in [6.45, 7) is 2.83. The van der Waals surface area contributed by atoms with Crippen molar-refractivity contribution in [3.8, 4) is 0 Å². The Balaban J connectivity index is 1.88. The Morgan fingerprint density at radius 2 is 2.18 bits per heavy atom. The summed E-state index contributed by atoms with van der Waals surface area (Å²) in [5.41, 5.74) is 6.47. The molecule has 1 fully saturated rings. The summed E-state index contributed by atoms with van der Waals surface area (Å²) in [7, 11) is 0. The van der Waals surface area contributed by atoms with E-state index in [4.69, 9.17) is 5.73 Å². The first kappa shape index (κ1) is 12.3. The van der Waals surface area contributed by atoms with E-state index >= 15 is 0 Å². The maximum absolute atomic E-state index is 12.0. The quantitative estimate of drug-likeness (QED) is 0.812. The van der Waals surface area contributed by atoms with E-state index in [0.717, 1.165) is 32.2 Å². The smallest absolute Gasteiger partial charge is 0.183 e. The van der Waals surface area contributed by atoms with Crippen LogP contribution >= 0.6 is 0 Å². The second kappa shape index (κ2) is 5.45. The summed E-state index contributed by atoms with van der Waals surface area (Å²) < 4.78 is 1.80. The van der Waals surface area contributed by atoms with Gasteiger partial charge < -0.3 is 5.73 Å². The van der Waals surface area contributed by atoms with Crippen LogP contribution in [0.4, 0.5) is 0 Å². The van der Waals surface area contributed by atoms with Gasteiger partial charge in [0.15, 0.2) is 5.78 Å². The molecular formula is C13H21N3O. The number of nitrogens with zero attached hydrogens (tertiary/aromatic N) is 2. The summed E-state index contributed by atoms with van der Waals surface area (Å²) in [6, 6.07) is 2.17. The van der Waals surface area contributed by atoms with Gasteiger partial charge in [0.25, 0.3) is 0 Å². The largest absolute Gasteiger partial charge is 0.328 e. The number of carbonyl (C=O) groups excluding carboxylic acids is 1. The number of rotatable bonds is 4. The standard InChI is InChI=1S/C13H21N3O/c1-2-16-8-7-12(15-16)13(17)9-10-3-5-11(14)6-4-10/h7-8,10-11H,2-6,9,14H2,1H3. The fourth-order valence-electron chi connectivity index (χ4n) is 2.45. The first-order valence-electron chi connectivity index (χ1n) is 6.51.